The molecule has 1 unspecified atom stereocenters. The number of rotatable bonds is 19. The van der Waals surface area contributed by atoms with Gasteiger partial charge in [0, 0.05) is 16.6 Å². The molecule has 0 bridgehead atoms. The van der Waals surface area contributed by atoms with Gasteiger partial charge in [-0.3, -0.25) is 4.79 Å². The highest BCUT2D eigenvalue weighted by molar-refractivity contribution is 8.00. The van der Waals surface area contributed by atoms with Crippen LogP contribution in [0.25, 0.3) is 10.8 Å². The zero-order valence-electron chi connectivity index (χ0n) is 29.3. The molecule has 3 aromatic carbocycles. The topological polar surface area (TPSA) is 26.3 Å². The molecular weight excluding hydrogens is 883 g/mol. The van der Waals surface area contributed by atoms with Gasteiger partial charge in [-0.1, -0.05) is 67.9 Å². The predicted octanol–water partition coefficient (Wildman–Crippen LogP) is 13.4. The molecule has 332 valence electrons. The van der Waals surface area contributed by atoms with Gasteiger partial charge in [-0.25, -0.2) is 0 Å². The van der Waals surface area contributed by atoms with E-state index in [0.29, 0.717) is 12.8 Å². The van der Waals surface area contributed by atoms with Crippen molar-refractivity contribution in [2.24, 2.45) is 0 Å². The molecule has 0 aliphatic heterocycles. The summed E-state index contributed by atoms with van der Waals surface area (Å²) in [5.74, 6) is -77.9. The second kappa shape index (κ2) is 16.6. The first-order valence-corrected chi connectivity index (χ1v) is 17.3. The van der Waals surface area contributed by atoms with E-state index in [4.69, 9.17) is 4.74 Å². The van der Waals surface area contributed by atoms with Gasteiger partial charge in [-0.05, 0) is 46.9 Å². The number of carbonyl (C=O) groups excluding carboxylic acids is 1. The first-order chi connectivity index (χ1) is 26.6. The van der Waals surface area contributed by atoms with E-state index in [1.807, 2.05) is 49.4 Å². The van der Waals surface area contributed by atoms with Crippen LogP contribution in [0.1, 0.15) is 43.7 Å². The molecular formula is C35H27F21O2S. The van der Waals surface area contributed by atoms with E-state index in [1.165, 1.54) is 11.8 Å². The molecule has 0 aliphatic carbocycles. The Kier molecular flexibility index (Phi) is 14.0. The molecule has 0 radical (unpaired) electrons. The minimum atomic E-state index is -9.21. The molecule has 1 atom stereocenters. The minimum absolute atomic E-state index is 0.0805. The predicted molar refractivity (Wildman–Crippen MR) is 168 cm³/mol. The summed E-state index contributed by atoms with van der Waals surface area (Å²) < 4.78 is 292. The fraction of sp³-hybridized carbons (Fsp3) is 0.514. The van der Waals surface area contributed by atoms with Crippen molar-refractivity contribution >= 4 is 28.5 Å². The van der Waals surface area contributed by atoms with Crippen LogP contribution in [0, 0.1) is 0 Å². The van der Waals surface area contributed by atoms with Crippen LogP contribution in [0.2, 0.25) is 0 Å². The van der Waals surface area contributed by atoms with Crippen LogP contribution in [-0.2, 0) is 22.6 Å². The number of ether oxygens (including phenoxy) is 1. The van der Waals surface area contributed by atoms with E-state index >= 15 is 0 Å². The van der Waals surface area contributed by atoms with Crippen molar-refractivity contribution in [2.45, 2.75) is 115 Å². The molecule has 3 aromatic rings. The SMILES string of the molecule is CCCC(CC(=O)OCc1ccc(CCC(F)(F)C(F)(F)C(F)(F)C(F)(F)C(F)(F)C(F)(F)C(F)(F)C(F)(F)C(F)(F)C(F)(F)F)cc1)Sc1ccc2ccccc2c1. The monoisotopic (exact) mass is 910 g/mol. The summed E-state index contributed by atoms with van der Waals surface area (Å²) in [6, 6.07) is 16.8. The minimum Gasteiger partial charge on any atom is -0.461 e. The number of hydrogen-bond acceptors (Lipinski definition) is 3. The lowest BCUT2D eigenvalue weighted by Crippen LogP contribution is -2.76. The van der Waals surface area contributed by atoms with Crippen LogP contribution in [-0.4, -0.2) is 70.7 Å². The van der Waals surface area contributed by atoms with Crippen molar-refractivity contribution in [3.8, 4) is 0 Å². The molecule has 0 saturated heterocycles. The van der Waals surface area contributed by atoms with E-state index in [0.717, 1.165) is 39.9 Å². The Balaban J connectivity index is 1.71. The molecule has 0 aromatic heterocycles. The van der Waals surface area contributed by atoms with Gasteiger partial charge in [0.25, 0.3) is 0 Å². The first-order valence-electron chi connectivity index (χ1n) is 16.4. The highest BCUT2D eigenvalue weighted by Crippen LogP contribution is 2.66. The van der Waals surface area contributed by atoms with E-state index in [9.17, 15) is 97.0 Å². The molecule has 0 amide bonds. The number of carbonyl (C=O) groups is 1. The second-order valence-electron chi connectivity index (χ2n) is 13.0. The number of halogens is 21. The zero-order valence-corrected chi connectivity index (χ0v) is 30.1. The van der Waals surface area contributed by atoms with Crippen molar-refractivity contribution in [3.05, 3.63) is 77.9 Å². The van der Waals surface area contributed by atoms with Crippen molar-refractivity contribution in [2.75, 3.05) is 0 Å². The highest BCUT2D eigenvalue weighted by atomic mass is 32.2. The Morgan fingerprint density at radius 3 is 1.47 bits per heavy atom. The van der Waals surface area contributed by atoms with Gasteiger partial charge >= 0.3 is 65.4 Å². The molecule has 0 spiro atoms. The van der Waals surface area contributed by atoms with E-state index in [-0.39, 0.29) is 17.2 Å². The average Bonchev–Trinajstić information content (AvgIpc) is 3.12. The van der Waals surface area contributed by atoms with Crippen molar-refractivity contribution in [1.29, 1.82) is 0 Å². The average molecular weight is 911 g/mol. The Bertz CT molecular complexity index is 1910. The number of fused-ring (bicyclic) bond motifs is 1. The quantitative estimate of drug-likeness (QED) is 0.0681. The molecule has 0 aliphatic rings. The number of alkyl halides is 21. The van der Waals surface area contributed by atoms with Crippen LogP contribution in [0.3, 0.4) is 0 Å². The molecule has 2 nitrogen and oxygen atoms in total. The fourth-order valence-corrected chi connectivity index (χ4v) is 6.52. The number of esters is 1. The highest BCUT2D eigenvalue weighted by Gasteiger charge is 2.97. The van der Waals surface area contributed by atoms with E-state index < -0.39 is 90.5 Å². The first kappa shape index (κ1) is 49.6. The summed E-state index contributed by atoms with van der Waals surface area (Å²) in [6.45, 7) is 1.41. The lowest BCUT2D eigenvalue weighted by molar-refractivity contribution is -0.474. The normalized spacial score (nSPS) is 15.1. The van der Waals surface area contributed by atoms with Gasteiger partial charge in [0.2, 0.25) is 0 Å². The Morgan fingerprint density at radius 1 is 0.559 bits per heavy atom. The fourth-order valence-electron chi connectivity index (χ4n) is 5.22. The van der Waals surface area contributed by atoms with Crippen LogP contribution >= 0.6 is 11.8 Å². The van der Waals surface area contributed by atoms with Gasteiger partial charge in [0.15, 0.2) is 0 Å². The molecule has 0 heterocycles. The van der Waals surface area contributed by atoms with Crippen LogP contribution in [0.15, 0.2) is 71.6 Å². The third-order valence-electron chi connectivity index (χ3n) is 8.75. The van der Waals surface area contributed by atoms with Crippen LogP contribution in [0.5, 0.6) is 0 Å². The molecule has 3 rings (SSSR count). The molecule has 0 saturated carbocycles. The van der Waals surface area contributed by atoms with Crippen molar-refractivity contribution in [3.63, 3.8) is 0 Å². The standard InChI is InChI=1S/C35H27F21O2S/c1-2-5-23(59-24-13-12-21-6-3-4-7-22(21)16-24)17-25(57)58-18-20-10-8-19(9-11-20)14-15-26(36,37)27(38,39)28(40,41)29(42,43)30(44,45)31(46,47)32(48,49)33(50,51)34(52,53)35(54,55)56/h3-4,6-13,16,23H,2,5,14-15,17-18H2,1H3. The van der Waals surface area contributed by atoms with Gasteiger partial charge in [0.05, 0.1) is 6.42 Å². The summed E-state index contributed by atoms with van der Waals surface area (Å²) in [6.07, 6.45) is -11.1. The lowest BCUT2D eigenvalue weighted by Gasteiger charge is -2.44. The van der Waals surface area contributed by atoms with Gasteiger partial charge in [-0.2, -0.15) is 92.2 Å². The third-order valence-corrected chi connectivity index (χ3v) is 10.0. The molecule has 24 heteroatoms. The molecule has 0 fully saturated rings. The number of benzene rings is 3. The maximum Gasteiger partial charge on any atom is 0.460 e. The number of thioether (sulfide) groups is 1. The van der Waals surface area contributed by atoms with Crippen LogP contribution < -0.4 is 0 Å². The Hall–Kier alpha value is -3.73. The Labute approximate surface area is 323 Å². The second-order valence-corrected chi connectivity index (χ2v) is 14.4. The summed E-state index contributed by atoms with van der Waals surface area (Å²) in [5, 5.41) is 1.69. The summed E-state index contributed by atoms with van der Waals surface area (Å²) in [4.78, 5) is 13.4. The maximum absolute atomic E-state index is 14.4. The summed E-state index contributed by atoms with van der Waals surface area (Å²) in [5.41, 5.74) is -0.414. The van der Waals surface area contributed by atoms with Gasteiger partial charge in [-0.15, -0.1) is 11.8 Å². The zero-order chi connectivity index (χ0) is 45.5. The lowest BCUT2D eigenvalue weighted by atomic mass is 9.85. The number of aryl methyl sites for hydroxylation is 1. The summed E-state index contributed by atoms with van der Waals surface area (Å²) in [7, 11) is 0. The van der Waals surface area contributed by atoms with E-state index in [2.05, 4.69) is 0 Å². The smallest absolute Gasteiger partial charge is 0.460 e. The summed E-state index contributed by atoms with van der Waals surface area (Å²) >= 11 is 1.41. The number of hydrogen-bond donors (Lipinski definition) is 0. The maximum atomic E-state index is 14.4. The van der Waals surface area contributed by atoms with Gasteiger partial charge < -0.3 is 4.74 Å². The van der Waals surface area contributed by atoms with E-state index in [1.54, 1.807) is 0 Å². The van der Waals surface area contributed by atoms with Crippen LogP contribution in [0.4, 0.5) is 92.2 Å². The molecule has 59 heavy (non-hydrogen) atoms. The van der Waals surface area contributed by atoms with Gasteiger partial charge in [0.1, 0.15) is 6.61 Å². The van der Waals surface area contributed by atoms with Crippen molar-refractivity contribution < 1.29 is 102 Å². The van der Waals surface area contributed by atoms with Crippen molar-refractivity contribution in [1.82, 2.24) is 0 Å². The Morgan fingerprint density at radius 2 is 1.00 bits per heavy atom. The largest absolute Gasteiger partial charge is 0.461 e. The molecule has 0 N–H and O–H groups in total. The third kappa shape index (κ3) is 8.87.